The van der Waals surface area contributed by atoms with Crippen molar-refractivity contribution in [3.63, 3.8) is 0 Å². The van der Waals surface area contributed by atoms with Gasteiger partial charge >= 0.3 is 5.97 Å². The molecule has 1 aromatic carbocycles. The number of Topliss-reactive ketones (excluding diaryl/α,β-unsaturated/α-hetero) is 1. The maximum atomic E-state index is 12.8. The molecule has 0 spiro atoms. The molecule has 0 aliphatic heterocycles. The van der Waals surface area contributed by atoms with Crippen molar-refractivity contribution < 1.29 is 27.9 Å². The Morgan fingerprint density at radius 2 is 1.84 bits per heavy atom. The van der Waals surface area contributed by atoms with E-state index in [1.807, 2.05) is 0 Å². The van der Waals surface area contributed by atoms with Gasteiger partial charge in [0.15, 0.2) is 16.2 Å². The van der Waals surface area contributed by atoms with Crippen LogP contribution < -0.4 is 5.32 Å². The van der Waals surface area contributed by atoms with Crippen LogP contribution in [-0.2, 0) is 9.53 Å². The second-order valence-electron chi connectivity index (χ2n) is 5.04. The predicted molar refractivity (Wildman–Crippen MR) is 89.7 cm³/mol. The van der Waals surface area contributed by atoms with Crippen LogP contribution in [0.15, 0.2) is 45.5 Å². The number of rotatable bonds is 8. The molecule has 0 bridgehead atoms. The van der Waals surface area contributed by atoms with Crippen LogP contribution in [0.2, 0.25) is 0 Å². The zero-order chi connectivity index (χ0) is 18.2. The van der Waals surface area contributed by atoms with Gasteiger partial charge in [-0.15, -0.1) is 0 Å². The van der Waals surface area contributed by atoms with E-state index in [4.69, 9.17) is 9.15 Å². The summed E-state index contributed by atoms with van der Waals surface area (Å²) in [7, 11) is 0. The van der Waals surface area contributed by atoms with Gasteiger partial charge in [-0.25, -0.2) is 4.39 Å². The molecule has 1 amide bonds. The molecule has 1 N–H and O–H groups in total. The van der Waals surface area contributed by atoms with Gasteiger partial charge in [0.1, 0.15) is 12.4 Å². The lowest BCUT2D eigenvalue weighted by atomic mass is 10.1. The Labute approximate surface area is 151 Å². The molecule has 2 rings (SSSR count). The quantitative estimate of drug-likeness (QED) is 0.409. The third kappa shape index (κ3) is 6.15. The van der Waals surface area contributed by atoms with Crippen LogP contribution in [0.3, 0.4) is 0 Å². The van der Waals surface area contributed by atoms with Gasteiger partial charge in [-0.3, -0.25) is 14.4 Å². The van der Waals surface area contributed by atoms with E-state index in [9.17, 15) is 18.8 Å². The highest BCUT2D eigenvalue weighted by atomic mass is 79.9. The maximum absolute atomic E-state index is 12.8. The number of nitrogens with one attached hydrogen (secondary N) is 1. The van der Waals surface area contributed by atoms with Crippen molar-refractivity contribution in [2.24, 2.45) is 0 Å². The zero-order valence-corrected chi connectivity index (χ0v) is 14.7. The number of carbonyl (C=O) groups excluding carboxylic acids is 3. The van der Waals surface area contributed by atoms with Crippen LogP contribution in [0.1, 0.15) is 33.8 Å². The van der Waals surface area contributed by atoms with Crippen molar-refractivity contribution >= 4 is 33.6 Å². The SMILES string of the molecule is O=C(CNC(=O)c1ccc(Br)o1)OCCCC(=O)c1ccc(F)cc1. The molecule has 0 saturated carbocycles. The highest BCUT2D eigenvalue weighted by Crippen LogP contribution is 2.13. The van der Waals surface area contributed by atoms with Crippen LogP contribution in [0.5, 0.6) is 0 Å². The zero-order valence-electron chi connectivity index (χ0n) is 13.1. The fourth-order valence-corrected chi connectivity index (χ4v) is 2.23. The molecule has 2 aromatic rings. The third-order valence-corrected chi connectivity index (χ3v) is 3.59. The predicted octanol–water partition coefficient (Wildman–Crippen LogP) is 3.12. The molecule has 0 fully saturated rings. The summed E-state index contributed by atoms with van der Waals surface area (Å²) < 4.78 is 23.2. The average Bonchev–Trinajstić information content (AvgIpc) is 3.03. The van der Waals surface area contributed by atoms with Gasteiger partial charge in [-0.05, 0) is 58.7 Å². The minimum atomic E-state index is -0.617. The Morgan fingerprint density at radius 3 is 2.48 bits per heavy atom. The number of benzene rings is 1. The molecular weight excluding hydrogens is 397 g/mol. The molecule has 0 aliphatic rings. The molecule has 0 unspecified atom stereocenters. The number of carbonyl (C=O) groups is 3. The van der Waals surface area contributed by atoms with E-state index in [0.717, 1.165) is 0 Å². The van der Waals surface area contributed by atoms with Gasteiger partial charge in [-0.1, -0.05) is 0 Å². The molecule has 0 atom stereocenters. The summed E-state index contributed by atoms with van der Waals surface area (Å²) in [6, 6.07) is 8.27. The third-order valence-electron chi connectivity index (χ3n) is 3.17. The summed E-state index contributed by atoms with van der Waals surface area (Å²) in [5, 5.41) is 2.36. The second kappa shape index (κ2) is 9.12. The van der Waals surface area contributed by atoms with Crippen molar-refractivity contribution in [1.29, 1.82) is 0 Å². The standard InChI is InChI=1S/C17H15BrFNO5/c18-15-8-7-14(25-15)17(23)20-10-16(22)24-9-1-2-13(21)11-3-5-12(19)6-4-11/h3-8H,1-2,9-10H2,(H,20,23). The molecule has 8 heteroatoms. The minimum Gasteiger partial charge on any atom is -0.464 e. The number of hydrogen-bond acceptors (Lipinski definition) is 5. The molecule has 0 radical (unpaired) electrons. The maximum Gasteiger partial charge on any atom is 0.325 e. The van der Waals surface area contributed by atoms with E-state index in [1.165, 1.54) is 30.3 Å². The van der Waals surface area contributed by atoms with Gasteiger partial charge in [0.25, 0.3) is 5.91 Å². The van der Waals surface area contributed by atoms with Crippen molar-refractivity contribution in [1.82, 2.24) is 5.32 Å². The number of ether oxygens (including phenoxy) is 1. The number of amides is 1. The van der Waals surface area contributed by atoms with E-state index in [-0.39, 0.29) is 31.1 Å². The summed E-state index contributed by atoms with van der Waals surface area (Å²) in [5.41, 5.74) is 0.407. The first-order chi connectivity index (χ1) is 12.0. The van der Waals surface area contributed by atoms with E-state index < -0.39 is 17.7 Å². The fraction of sp³-hybridized carbons (Fsp3) is 0.235. The van der Waals surface area contributed by atoms with Crippen molar-refractivity contribution in [2.45, 2.75) is 12.8 Å². The normalized spacial score (nSPS) is 10.3. The number of hydrogen-bond donors (Lipinski definition) is 1. The smallest absolute Gasteiger partial charge is 0.325 e. The Morgan fingerprint density at radius 1 is 1.12 bits per heavy atom. The fourth-order valence-electron chi connectivity index (χ4n) is 1.93. The van der Waals surface area contributed by atoms with Gasteiger partial charge < -0.3 is 14.5 Å². The largest absolute Gasteiger partial charge is 0.464 e. The molecule has 0 aliphatic carbocycles. The number of ketones is 1. The average molecular weight is 412 g/mol. The Balaban J connectivity index is 1.62. The van der Waals surface area contributed by atoms with Gasteiger partial charge in [0.05, 0.1) is 6.61 Å². The summed E-state index contributed by atoms with van der Waals surface area (Å²) in [6.45, 7) is -0.253. The molecule has 1 aromatic heterocycles. The lowest BCUT2D eigenvalue weighted by Crippen LogP contribution is -2.30. The van der Waals surface area contributed by atoms with Crippen LogP contribution in [0, 0.1) is 5.82 Å². The van der Waals surface area contributed by atoms with E-state index in [0.29, 0.717) is 16.7 Å². The molecule has 0 saturated heterocycles. The number of esters is 1. The van der Waals surface area contributed by atoms with E-state index in [1.54, 1.807) is 6.07 Å². The van der Waals surface area contributed by atoms with Crippen molar-refractivity contribution in [3.8, 4) is 0 Å². The van der Waals surface area contributed by atoms with Crippen molar-refractivity contribution in [2.75, 3.05) is 13.2 Å². The Bertz CT molecular complexity index is 757. The summed E-state index contributed by atoms with van der Waals surface area (Å²) in [4.78, 5) is 35.0. The first kappa shape index (κ1) is 18.9. The highest BCUT2D eigenvalue weighted by molar-refractivity contribution is 9.10. The van der Waals surface area contributed by atoms with Crippen LogP contribution >= 0.6 is 15.9 Å². The minimum absolute atomic E-state index is 0.0495. The number of furan rings is 1. The lowest BCUT2D eigenvalue weighted by molar-refractivity contribution is -0.142. The first-order valence-electron chi connectivity index (χ1n) is 7.43. The van der Waals surface area contributed by atoms with E-state index in [2.05, 4.69) is 21.2 Å². The molecule has 132 valence electrons. The summed E-state index contributed by atoms with van der Waals surface area (Å²) in [6.07, 6.45) is 0.507. The Hall–Kier alpha value is -2.48. The number of halogens is 2. The van der Waals surface area contributed by atoms with Crippen LogP contribution in [-0.4, -0.2) is 30.8 Å². The van der Waals surface area contributed by atoms with Gasteiger partial charge in [0.2, 0.25) is 0 Å². The molecule has 1 heterocycles. The molecule has 25 heavy (non-hydrogen) atoms. The van der Waals surface area contributed by atoms with Crippen LogP contribution in [0.25, 0.3) is 0 Å². The van der Waals surface area contributed by atoms with E-state index >= 15 is 0 Å². The second-order valence-corrected chi connectivity index (χ2v) is 5.82. The molecular formula is C17H15BrFNO5. The monoisotopic (exact) mass is 411 g/mol. The summed E-state index contributed by atoms with van der Waals surface area (Å²) >= 11 is 3.07. The highest BCUT2D eigenvalue weighted by Gasteiger charge is 2.12. The summed E-state index contributed by atoms with van der Waals surface area (Å²) in [5.74, 6) is -1.64. The lowest BCUT2D eigenvalue weighted by Gasteiger charge is -2.05. The topological polar surface area (TPSA) is 85.6 Å². The first-order valence-corrected chi connectivity index (χ1v) is 8.23. The molecule has 6 nitrogen and oxygen atoms in total. The Kier molecular flexibility index (Phi) is 6.88. The van der Waals surface area contributed by atoms with Gasteiger partial charge in [0, 0.05) is 12.0 Å². The van der Waals surface area contributed by atoms with Gasteiger partial charge in [-0.2, -0.15) is 0 Å². The van der Waals surface area contributed by atoms with Crippen molar-refractivity contribution in [3.05, 3.63) is 58.2 Å². The van der Waals surface area contributed by atoms with Crippen LogP contribution in [0.4, 0.5) is 4.39 Å².